The lowest BCUT2D eigenvalue weighted by Crippen LogP contribution is -2.31. The van der Waals surface area contributed by atoms with Crippen molar-refractivity contribution in [1.82, 2.24) is 5.32 Å². The normalized spacial score (nSPS) is 10.2. The Morgan fingerprint density at radius 3 is 2.00 bits per heavy atom. The van der Waals surface area contributed by atoms with Crippen LogP contribution in [0.2, 0.25) is 0 Å². The lowest BCUT2D eigenvalue weighted by molar-refractivity contribution is -0.141. The number of methoxy groups -OCH3 is 1. The van der Waals surface area contributed by atoms with Crippen LogP contribution in [0, 0.1) is 0 Å². The summed E-state index contributed by atoms with van der Waals surface area (Å²) in [5.41, 5.74) is 2.88. The molecule has 0 radical (unpaired) electrons. The summed E-state index contributed by atoms with van der Waals surface area (Å²) in [4.78, 5) is 36.1. The third-order valence-corrected chi connectivity index (χ3v) is 4.42. The van der Waals surface area contributed by atoms with Crippen molar-refractivity contribution in [2.75, 3.05) is 20.3 Å². The fraction of sp³-hybridized carbons (Fsp3) is 0.125. The molecule has 152 valence electrons. The summed E-state index contributed by atoms with van der Waals surface area (Å²) < 4.78 is 9.97. The van der Waals surface area contributed by atoms with Gasteiger partial charge in [0.2, 0.25) is 0 Å². The molecule has 3 rings (SSSR count). The summed E-state index contributed by atoms with van der Waals surface area (Å²) >= 11 is 0. The van der Waals surface area contributed by atoms with E-state index in [9.17, 15) is 14.4 Å². The van der Waals surface area contributed by atoms with Crippen molar-refractivity contribution >= 4 is 17.7 Å². The molecule has 0 saturated heterocycles. The van der Waals surface area contributed by atoms with Gasteiger partial charge in [-0.2, -0.15) is 0 Å². The monoisotopic (exact) mass is 403 g/mol. The number of Topliss-reactive ketones (excluding diaryl/α,β-unsaturated/α-hetero) is 1. The quantitative estimate of drug-likeness (QED) is 0.460. The molecule has 0 aliphatic heterocycles. The molecule has 6 nitrogen and oxygen atoms in total. The van der Waals surface area contributed by atoms with Gasteiger partial charge in [0.25, 0.3) is 5.91 Å². The number of hydrogen-bond donors (Lipinski definition) is 1. The number of ether oxygens (including phenoxy) is 2. The maximum absolute atomic E-state index is 12.2. The molecule has 0 heterocycles. The van der Waals surface area contributed by atoms with Gasteiger partial charge >= 0.3 is 5.97 Å². The number of rotatable bonds is 8. The summed E-state index contributed by atoms with van der Waals surface area (Å²) in [5, 5.41) is 2.50. The zero-order chi connectivity index (χ0) is 21.3. The molecule has 0 aliphatic rings. The standard InChI is InChI=1S/C24H21NO5/c1-29-21-13-11-19(12-14-21)22(26)16-30-23(27)15-25-24(28)20-9-7-18(8-10-20)17-5-3-2-4-6-17/h2-14H,15-16H2,1H3,(H,25,28). The average molecular weight is 403 g/mol. The number of benzene rings is 3. The summed E-state index contributed by atoms with van der Waals surface area (Å²) in [5.74, 6) is -0.795. The predicted molar refractivity (Wildman–Crippen MR) is 112 cm³/mol. The Bertz CT molecular complexity index is 1010. The van der Waals surface area contributed by atoms with Gasteiger partial charge in [-0.15, -0.1) is 0 Å². The molecule has 0 aliphatic carbocycles. The van der Waals surface area contributed by atoms with Gasteiger partial charge in [0.15, 0.2) is 12.4 Å². The minimum Gasteiger partial charge on any atom is -0.497 e. The lowest BCUT2D eigenvalue weighted by Gasteiger charge is -2.07. The number of nitrogens with one attached hydrogen (secondary N) is 1. The molecule has 3 aromatic carbocycles. The van der Waals surface area contributed by atoms with Gasteiger partial charge in [-0.3, -0.25) is 14.4 Å². The Morgan fingerprint density at radius 1 is 0.767 bits per heavy atom. The van der Waals surface area contributed by atoms with E-state index in [0.29, 0.717) is 16.9 Å². The second kappa shape index (κ2) is 10.0. The topological polar surface area (TPSA) is 81.7 Å². The number of carbonyl (C=O) groups is 3. The smallest absolute Gasteiger partial charge is 0.325 e. The number of ketones is 1. The first-order valence-electron chi connectivity index (χ1n) is 9.33. The number of esters is 1. The van der Waals surface area contributed by atoms with Crippen molar-refractivity contribution in [3.8, 4) is 16.9 Å². The van der Waals surface area contributed by atoms with Crippen LogP contribution in [0.1, 0.15) is 20.7 Å². The second-order valence-electron chi connectivity index (χ2n) is 6.44. The van der Waals surface area contributed by atoms with Gasteiger partial charge in [-0.05, 0) is 47.5 Å². The largest absolute Gasteiger partial charge is 0.497 e. The zero-order valence-corrected chi connectivity index (χ0v) is 16.5. The Kier molecular flexibility index (Phi) is 6.95. The Hall–Kier alpha value is -3.93. The van der Waals surface area contributed by atoms with Crippen molar-refractivity contribution in [3.63, 3.8) is 0 Å². The molecule has 0 unspecified atom stereocenters. The number of carbonyl (C=O) groups excluding carboxylic acids is 3. The van der Waals surface area contributed by atoms with Crippen molar-refractivity contribution < 1.29 is 23.9 Å². The molecule has 1 N–H and O–H groups in total. The highest BCUT2D eigenvalue weighted by atomic mass is 16.5. The summed E-state index contributed by atoms with van der Waals surface area (Å²) in [6.07, 6.45) is 0. The first kappa shape index (κ1) is 20.8. The lowest BCUT2D eigenvalue weighted by atomic mass is 10.0. The predicted octanol–water partition coefficient (Wildman–Crippen LogP) is 3.52. The van der Waals surface area contributed by atoms with Crippen LogP contribution in [-0.4, -0.2) is 37.9 Å². The van der Waals surface area contributed by atoms with Crippen molar-refractivity contribution in [2.45, 2.75) is 0 Å². The number of amides is 1. The molecule has 6 heteroatoms. The van der Waals surface area contributed by atoms with E-state index in [1.54, 1.807) is 36.4 Å². The molecule has 3 aromatic rings. The third kappa shape index (κ3) is 5.54. The third-order valence-electron chi connectivity index (χ3n) is 4.42. The summed E-state index contributed by atoms with van der Waals surface area (Å²) in [7, 11) is 1.53. The fourth-order valence-electron chi connectivity index (χ4n) is 2.76. The van der Waals surface area contributed by atoms with Crippen LogP contribution in [0.5, 0.6) is 5.75 Å². The van der Waals surface area contributed by atoms with Gasteiger partial charge in [0, 0.05) is 11.1 Å². The Labute approximate surface area is 174 Å². The van der Waals surface area contributed by atoms with Gasteiger partial charge in [-0.25, -0.2) is 0 Å². The van der Waals surface area contributed by atoms with Crippen molar-refractivity contribution in [3.05, 3.63) is 90.0 Å². The minimum atomic E-state index is -0.689. The van der Waals surface area contributed by atoms with Crippen molar-refractivity contribution in [1.29, 1.82) is 0 Å². The van der Waals surface area contributed by atoms with Crippen LogP contribution in [0.15, 0.2) is 78.9 Å². The van der Waals surface area contributed by atoms with E-state index in [1.807, 2.05) is 42.5 Å². The first-order valence-corrected chi connectivity index (χ1v) is 9.33. The van der Waals surface area contributed by atoms with Crippen LogP contribution in [-0.2, 0) is 9.53 Å². The average Bonchev–Trinajstić information content (AvgIpc) is 2.81. The Morgan fingerprint density at radius 2 is 1.37 bits per heavy atom. The van der Waals surface area contributed by atoms with Gasteiger partial charge < -0.3 is 14.8 Å². The van der Waals surface area contributed by atoms with Crippen molar-refractivity contribution in [2.24, 2.45) is 0 Å². The molecule has 0 bridgehead atoms. The molecule has 0 spiro atoms. The maximum atomic E-state index is 12.2. The van der Waals surface area contributed by atoms with E-state index in [0.717, 1.165) is 11.1 Å². The molecule has 1 amide bonds. The molecule has 30 heavy (non-hydrogen) atoms. The first-order chi connectivity index (χ1) is 14.6. The second-order valence-corrected chi connectivity index (χ2v) is 6.44. The highest BCUT2D eigenvalue weighted by molar-refractivity contribution is 5.99. The molecular formula is C24H21NO5. The van der Waals surface area contributed by atoms with E-state index in [-0.39, 0.29) is 12.3 Å². The van der Waals surface area contributed by atoms with E-state index >= 15 is 0 Å². The number of hydrogen-bond acceptors (Lipinski definition) is 5. The molecule has 0 aromatic heterocycles. The maximum Gasteiger partial charge on any atom is 0.325 e. The SMILES string of the molecule is COc1ccc(C(=O)COC(=O)CNC(=O)c2ccc(-c3ccccc3)cc2)cc1. The van der Waals surface area contributed by atoms with Gasteiger partial charge in [0.1, 0.15) is 12.3 Å². The van der Waals surface area contributed by atoms with E-state index in [4.69, 9.17) is 9.47 Å². The molecule has 0 fully saturated rings. The van der Waals surface area contributed by atoms with Crippen LogP contribution >= 0.6 is 0 Å². The van der Waals surface area contributed by atoms with Gasteiger partial charge in [-0.1, -0.05) is 42.5 Å². The van der Waals surface area contributed by atoms with Gasteiger partial charge in [0.05, 0.1) is 7.11 Å². The molecule has 0 saturated carbocycles. The highest BCUT2D eigenvalue weighted by Gasteiger charge is 2.12. The molecule has 0 atom stereocenters. The highest BCUT2D eigenvalue weighted by Crippen LogP contribution is 2.19. The van der Waals surface area contributed by atoms with Crippen LogP contribution in [0.25, 0.3) is 11.1 Å². The summed E-state index contributed by atoms with van der Waals surface area (Å²) in [6, 6.07) is 23.4. The van der Waals surface area contributed by atoms with E-state index in [1.165, 1.54) is 7.11 Å². The van der Waals surface area contributed by atoms with E-state index < -0.39 is 18.5 Å². The van der Waals surface area contributed by atoms with Crippen LogP contribution in [0.4, 0.5) is 0 Å². The fourth-order valence-corrected chi connectivity index (χ4v) is 2.76. The Balaban J connectivity index is 1.46. The van der Waals surface area contributed by atoms with E-state index in [2.05, 4.69) is 5.32 Å². The summed E-state index contributed by atoms with van der Waals surface area (Å²) in [6.45, 7) is -0.720. The minimum absolute atomic E-state index is 0.324. The zero-order valence-electron chi connectivity index (χ0n) is 16.5. The van der Waals surface area contributed by atoms with Crippen LogP contribution in [0.3, 0.4) is 0 Å². The molecular weight excluding hydrogens is 382 g/mol. The van der Waals surface area contributed by atoms with Crippen LogP contribution < -0.4 is 10.1 Å².